The summed E-state index contributed by atoms with van der Waals surface area (Å²) < 4.78 is 23.2. The predicted octanol–water partition coefficient (Wildman–Crippen LogP) is 4.10. The predicted molar refractivity (Wildman–Crippen MR) is 108 cm³/mol. The van der Waals surface area contributed by atoms with Crippen molar-refractivity contribution in [1.29, 1.82) is 0 Å². The van der Waals surface area contributed by atoms with E-state index in [-0.39, 0.29) is 30.6 Å². The molecule has 6 heteroatoms. The fourth-order valence-electron chi connectivity index (χ4n) is 5.03. The van der Waals surface area contributed by atoms with E-state index in [0.717, 1.165) is 42.1 Å². The molecule has 154 valence electrons. The Balaban J connectivity index is 1.68. The van der Waals surface area contributed by atoms with Crippen LogP contribution in [-0.2, 0) is 0 Å². The van der Waals surface area contributed by atoms with Gasteiger partial charge in [-0.3, -0.25) is 4.90 Å². The molecule has 3 aliphatic heterocycles. The zero-order valence-corrected chi connectivity index (χ0v) is 16.9. The standard InChI is InChI=1S/C23H27NO5/c1-3-14-21(15-7-6-8-17(26-2)22(15)25)16-11-19-20(28-13-27-19)12-18(16)29-23(14)24-9-4-5-10-24/h6-8,11-12,14,21,23,25H,3-5,9-10,13H2,1-2H3/t14-,21+,23-/m0/s1. The third kappa shape index (κ3) is 2.97. The fourth-order valence-corrected chi connectivity index (χ4v) is 5.03. The highest BCUT2D eigenvalue weighted by molar-refractivity contribution is 5.59. The maximum Gasteiger partial charge on any atom is 0.231 e. The molecule has 2 aromatic rings. The Hall–Kier alpha value is -2.60. The third-order valence-corrected chi connectivity index (χ3v) is 6.44. The average molecular weight is 397 g/mol. The summed E-state index contributed by atoms with van der Waals surface area (Å²) in [5.74, 6) is 3.11. The summed E-state index contributed by atoms with van der Waals surface area (Å²) in [6.45, 7) is 4.50. The second-order valence-corrected chi connectivity index (χ2v) is 7.94. The van der Waals surface area contributed by atoms with Crippen LogP contribution in [0.2, 0.25) is 0 Å². The zero-order valence-electron chi connectivity index (χ0n) is 16.9. The average Bonchev–Trinajstić information content (AvgIpc) is 3.43. The highest BCUT2D eigenvalue weighted by Gasteiger charge is 2.43. The summed E-state index contributed by atoms with van der Waals surface area (Å²) in [7, 11) is 1.58. The molecule has 2 aromatic carbocycles. The number of phenolic OH excluding ortho intramolecular Hbond substituents is 1. The van der Waals surface area contributed by atoms with Crippen molar-refractivity contribution in [2.75, 3.05) is 27.0 Å². The quantitative estimate of drug-likeness (QED) is 0.838. The molecule has 0 amide bonds. The summed E-state index contributed by atoms with van der Waals surface area (Å²) in [4.78, 5) is 2.44. The first-order valence-corrected chi connectivity index (χ1v) is 10.4. The number of methoxy groups -OCH3 is 1. The summed E-state index contributed by atoms with van der Waals surface area (Å²) in [5.41, 5.74) is 1.89. The molecule has 5 rings (SSSR count). The molecule has 0 aromatic heterocycles. The van der Waals surface area contributed by atoms with Crippen molar-refractivity contribution in [2.45, 2.75) is 38.3 Å². The van der Waals surface area contributed by atoms with Crippen LogP contribution in [0.1, 0.15) is 43.2 Å². The Labute approximate surface area is 170 Å². The number of hydrogen-bond donors (Lipinski definition) is 1. The Morgan fingerprint density at radius 2 is 1.83 bits per heavy atom. The maximum atomic E-state index is 11.0. The highest BCUT2D eigenvalue weighted by atomic mass is 16.7. The summed E-state index contributed by atoms with van der Waals surface area (Å²) in [6.07, 6.45) is 3.28. The number of ether oxygens (including phenoxy) is 4. The van der Waals surface area contributed by atoms with Crippen molar-refractivity contribution in [3.05, 3.63) is 41.5 Å². The van der Waals surface area contributed by atoms with Crippen LogP contribution in [0.3, 0.4) is 0 Å². The molecule has 1 fully saturated rings. The minimum Gasteiger partial charge on any atom is -0.504 e. The molecule has 0 radical (unpaired) electrons. The van der Waals surface area contributed by atoms with Gasteiger partial charge in [0.2, 0.25) is 6.79 Å². The van der Waals surface area contributed by atoms with Gasteiger partial charge in [-0.05, 0) is 31.4 Å². The summed E-state index contributed by atoms with van der Waals surface area (Å²) >= 11 is 0. The van der Waals surface area contributed by atoms with Gasteiger partial charge in [-0.1, -0.05) is 19.1 Å². The van der Waals surface area contributed by atoms with Crippen molar-refractivity contribution in [3.8, 4) is 28.7 Å². The third-order valence-electron chi connectivity index (χ3n) is 6.44. The molecular weight excluding hydrogens is 370 g/mol. The van der Waals surface area contributed by atoms with Gasteiger partial charge in [0.15, 0.2) is 29.2 Å². The molecule has 6 nitrogen and oxygen atoms in total. The van der Waals surface area contributed by atoms with Gasteiger partial charge in [0, 0.05) is 42.1 Å². The first-order valence-electron chi connectivity index (χ1n) is 10.4. The lowest BCUT2D eigenvalue weighted by Gasteiger charge is -2.43. The SMILES string of the molecule is CC[C@H]1[C@H](c2cccc(OC)c2O)c2cc3c(cc2O[C@@H]1N1CCCC1)OCO3. The lowest BCUT2D eigenvalue weighted by Crippen LogP contribution is -2.47. The minimum atomic E-state index is -0.0361. The van der Waals surface area contributed by atoms with E-state index < -0.39 is 0 Å². The van der Waals surface area contributed by atoms with E-state index in [1.54, 1.807) is 13.2 Å². The van der Waals surface area contributed by atoms with Crippen LogP contribution in [0.15, 0.2) is 30.3 Å². The molecule has 0 bridgehead atoms. The van der Waals surface area contributed by atoms with Gasteiger partial charge in [0.25, 0.3) is 0 Å². The number of phenols is 1. The van der Waals surface area contributed by atoms with E-state index in [4.69, 9.17) is 18.9 Å². The normalized spacial score (nSPS) is 25.5. The van der Waals surface area contributed by atoms with Gasteiger partial charge >= 0.3 is 0 Å². The van der Waals surface area contributed by atoms with E-state index in [1.807, 2.05) is 24.3 Å². The first-order chi connectivity index (χ1) is 14.2. The van der Waals surface area contributed by atoms with Crippen molar-refractivity contribution in [3.63, 3.8) is 0 Å². The van der Waals surface area contributed by atoms with E-state index >= 15 is 0 Å². The first kappa shape index (κ1) is 18.4. The second kappa shape index (κ2) is 7.34. The Morgan fingerprint density at radius 1 is 1.07 bits per heavy atom. The minimum absolute atomic E-state index is 0.0288. The fraction of sp³-hybridized carbons (Fsp3) is 0.478. The highest BCUT2D eigenvalue weighted by Crippen LogP contribution is 2.53. The van der Waals surface area contributed by atoms with E-state index in [0.29, 0.717) is 11.5 Å². The maximum absolute atomic E-state index is 11.0. The van der Waals surface area contributed by atoms with Crippen molar-refractivity contribution in [2.24, 2.45) is 5.92 Å². The largest absolute Gasteiger partial charge is 0.504 e. The van der Waals surface area contributed by atoms with Gasteiger partial charge in [-0.25, -0.2) is 0 Å². The van der Waals surface area contributed by atoms with Gasteiger partial charge < -0.3 is 24.1 Å². The number of benzene rings is 2. The molecule has 29 heavy (non-hydrogen) atoms. The molecule has 3 aliphatic rings. The van der Waals surface area contributed by atoms with E-state index in [9.17, 15) is 5.11 Å². The number of aromatic hydroxyl groups is 1. The van der Waals surface area contributed by atoms with Crippen LogP contribution in [0.4, 0.5) is 0 Å². The van der Waals surface area contributed by atoms with Gasteiger partial charge in [-0.2, -0.15) is 0 Å². The second-order valence-electron chi connectivity index (χ2n) is 7.94. The zero-order chi connectivity index (χ0) is 20.0. The summed E-state index contributed by atoms with van der Waals surface area (Å²) in [5, 5.41) is 11.0. The monoisotopic (exact) mass is 397 g/mol. The molecule has 3 heterocycles. The van der Waals surface area contributed by atoms with Crippen molar-refractivity contribution >= 4 is 0 Å². The molecule has 3 atom stereocenters. The van der Waals surface area contributed by atoms with Crippen molar-refractivity contribution < 1.29 is 24.1 Å². The molecule has 0 aliphatic carbocycles. The van der Waals surface area contributed by atoms with Gasteiger partial charge in [0.1, 0.15) is 5.75 Å². The van der Waals surface area contributed by atoms with Crippen LogP contribution in [-0.4, -0.2) is 43.2 Å². The van der Waals surface area contributed by atoms with Gasteiger partial charge in [-0.15, -0.1) is 0 Å². The van der Waals surface area contributed by atoms with Gasteiger partial charge in [0.05, 0.1) is 7.11 Å². The van der Waals surface area contributed by atoms with Crippen LogP contribution in [0, 0.1) is 5.92 Å². The summed E-state index contributed by atoms with van der Waals surface area (Å²) in [6, 6.07) is 9.68. The molecule has 0 saturated carbocycles. The van der Waals surface area contributed by atoms with E-state index in [2.05, 4.69) is 11.8 Å². The smallest absolute Gasteiger partial charge is 0.231 e. The molecule has 1 saturated heterocycles. The number of likely N-dealkylation sites (tertiary alicyclic amines) is 1. The Bertz CT molecular complexity index is 908. The topological polar surface area (TPSA) is 60.4 Å². The number of nitrogens with zero attached hydrogens (tertiary/aromatic N) is 1. The molecular formula is C23H27NO5. The van der Waals surface area contributed by atoms with Crippen LogP contribution >= 0.6 is 0 Å². The van der Waals surface area contributed by atoms with E-state index in [1.165, 1.54) is 12.8 Å². The lowest BCUT2D eigenvalue weighted by atomic mass is 9.75. The molecule has 0 spiro atoms. The van der Waals surface area contributed by atoms with Crippen LogP contribution in [0.5, 0.6) is 28.7 Å². The van der Waals surface area contributed by atoms with Crippen LogP contribution < -0.4 is 18.9 Å². The van der Waals surface area contributed by atoms with Crippen molar-refractivity contribution in [1.82, 2.24) is 4.90 Å². The Kier molecular flexibility index (Phi) is 4.66. The number of rotatable bonds is 4. The number of fused-ring (bicyclic) bond motifs is 2. The number of para-hydroxylation sites is 1. The molecule has 0 unspecified atom stereocenters. The Morgan fingerprint density at radius 3 is 2.55 bits per heavy atom. The number of hydrogen-bond acceptors (Lipinski definition) is 6. The lowest BCUT2D eigenvalue weighted by molar-refractivity contribution is -0.0259. The van der Waals surface area contributed by atoms with Crippen LogP contribution in [0.25, 0.3) is 0 Å². The molecule has 1 N–H and O–H groups in total.